The van der Waals surface area contributed by atoms with E-state index in [9.17, 15) is 18.0 Å². The van der Waals surface area contributed by atoms with Gasteiger partial charge >= 0.3 is 22.1 Å². The molecule has 14 heteroatoms. The van der Waals surface area contributed by atoms with E-state index in [2.05, 4.69) is 10.6 Å². The molecule has 0 aliphatic rings. The summed E-state index contributed by atoms with van der Waals surface area (Å²) in [5, 5.41) is 30.2. The molecule has 0 aliphatic heterocycles. The summed E-state index contributed by atoms with van der Waals surface area (Å²) in [5.41, 5.74) is 13.1. The van der Waals surface area contributed by atoms with Crippen molar-refractivity contribution in [3.63, 3.8) is 0 Å². The maximum atomic E-state index is 11.2. The largest absolute Gasteiger partial charge is 0.480 e. The summed E-state index contributed by atoms with van der Waals surface area (Å²) >= 11 is 0. The average Bonchev–Trinajstić information content (AvgIpc) is 2.89. The van der Waals surface area contributed by atoms with Crippen LogP contribution >= 0.6 is 0 Å². The number of nitrogens with one attached hydrogen (secondary N) is 3. The van der Waals surface area contributed by atoms with Gasteiger partial charge in [-0.3, -0.25) is 10.2 Å². The van der Waals surface area contributed by atoms with Crippen molar-refractivity contribution in [2.45, 2.75) is 51.2 Å². The maximum Gasteiger partial charge on any atom is 0.333 e. The molecule has 0 aromatic heterocycles. The highest BCUT2D eigenvalue weighted by Crippen LogP contribution is 2.17. The second-order valence-electron chi connectivity index (χ2n) is 9.08. The van der Waals surface area contributed by atoms with Gasteiger partial charge in [0.1, 0.15) is 11.8 Å². The molecule has 0 spiro atoms. The number of rotatable bonds is 17. The number of nitrogens with two attached hydrogens (primary N) is 2. The molecule has 0 saturated carbocycles. The summed E-state index contributed by atoms with van der Waals surface area (Å²) in [7, 11) is -3.53. The summed E-state index contributed by atoms with van der Waals surface area (Å²) in [5.74, 6) is -1.75. The molecule has 2 aromatic carbocycles. The lowest BCUT2D eigenvalue weighted by Crippen LogP contribution is -2.34. The first-order valence-corrected chi connectivity index (χ1v) is 14.8. The van der Waals surface area contributed by atoms with Crippen molar-refractivity contribution in [3.05, 3.63) is 59.7 Å². The molecule has 0 heterocycles. The molecule has 41 heavy (non-hydrogen) atoms. The number of benzene rings is 2. The van der Waals surface area contributed by atoms with E-state index in [1.165, 1.54) is 0 Å². The normalized spacial score (nSPS) is 12.3. The molecule has 0 fully saturated rings. The lowest BCUT2D eigenvalue weighted by atomic mass is 10.1. The van der Waals surface area contributed by atoms with Crippen LogP contribution in [-0.4, -0.2) is 74.6 Å². The molecule has 0 saturated heterocycles. The molecular weight excluding hydrogens is 554 g/mol. The standard InChI is InChI=1S/C21H27NO6S.C6H14N4O2/c1-3-27-20(21(23)24)15-17-9-11-18(12-10-17)22-13-5-7-16-6-4-8-19(14-16)28-29(2,25)26;7-4(5(11)12)2-1-3-10-6(8)9/h4,6,8-12,14,20,22H,3,5,7,13,15H2,1-2H3,(H,23,24);4H,1-3,7H2,(H,11,12)(H4,8,9,10)/t;4-/m.0/s1. The molecule has 2 aromatic rings. The van der Waals surface area contributed by atoms with Gasteiger partial charge in [0.25, 0.3) is 0 Å². The second-order valence-corrected chi connectivity index (χ2v) is 10.7. The number of anilines is 1. The molecule has 0 aliphatic carbocycles. The molecular formula is C27H41N5O8S. The van der Waals surface area contributed by atoms with Crippen LogP contribution in [0.1, 0.15) is 37.3 Å². The third-order valence-electron chi connectivity index (χ3n) is 5.46. The number of carbonyl (C=O) groups is 2. The van der Waals surface area contributed by atoms with Crippen LogP contribution in [0.2, 0.25) is 0 Å². The smallest absolute Gasteiger partial charge is 0.333 e. The summed E-state index contributed by atoms with van der Waals surface area (Å²) in [6, 6.07) is 13.8. The summed E-state index contributed by atoms with van der Waals surface area (Å²) in [6.45, 7) is 3.36. The Morgan fingerprint density at radius 1 is 1.02 bits per heavy atom. The van der Waals surface area contributed by atoms with E-state index in [-0.39, 0.29) is 5.96 Å². The molecule has 13 nitrogen and oxygen atoms in total. The van der Waals surface area contributed by atoms with Crippen LogP contribution in [0.15, 0.2) is 48.5 Å². The van der Waals surface area contributed by atoms with Crippen LogP contribution in [0.3, 0.4) is 0 Å². The Morgan fingerprint density at radius 2 is 1.71 bits per heavy atom. The maximum absolute atomic E-state index is 11.2. The Kier molecular flexibility index (Phi) is 15.8. The summed E-state index contributed by atoms with van der Waals surface area (Å²) in [4.78, 5) is 21.4. The molecule has 9 N–H and O–H groups in total. The molecule has 1 unspecified atom stereocenters. The van der Waals surface area contributed by atoms with Gasteiger partial charge in [0.15, 0.2) is 12.1 Å². The van der Waals surface area contributed by atoms with Crippen molar-refractivity contribution in [2.24, 2.45) is 11.5 Å². The van der Waals surface area contributed by atoms with Gasteiger partial charge in [-0.15, -0.1) is 0 Å². The van der Waals surface area contributed by atoms with Crippen LogP contribution < -0.4 is 26.3 Å². The monoisotopic (exact) mass is 595 g/mol. The highest BCUT2D eigenvalue weighted by atomic mass is 32.2. The van der Waals surface area contributed by atoms with Gasteiger partial charge in [-0.2, -0.15) is 8.42 Å². The van der Waals surface area contributed by atoms with Gasteiger partial charge in [-0.25, -0.2) is 4.79 Å². The number of aryl methyl sites for hydroxylation is 1. The number of ether oxygens (including phenoxy) is 1. The van der Waals surface area contributed by atoms with Crippen LogP contribution in [0.5, 0.6) is 5.75 Å². The Hall–Kier alpha value is -3.88. The topological polar surface area (TPSA) is 227 Å². The highest BCUT2D eigenvalue weighted by molar-refractivity contribution is 7.86. The average molecular weight is 596 g/mol. The van der Waals surface area contributed by atoms with Crippen molar-refractivity contribution in [3.8, 4) is 5.75 Å². The van der Waals surface area contributed by atoms with Crippen LogP contribution in [0, 0.1) is 5.41 Å². The minimum Gasteiger partial charge on any atom is -0.480 e. The second kappa shape index (κ2) is 18.5. The number of hydrogen-bond donors (Lipinski definition) is 7. The van der Waals surface area contributed by atoms with Gasteiger partial charge in [0, 0.05) is 31.8 Å². The van der Waals surface area contributed by atoms with Crippen LogP contribution in [-0.2, 0) is 37.3 Å². The third-order valence-corrected chi connectivity index (χ3v) is 5.96. The van der Waals surface area contributed by atoms with Gasteiger partial charge in [-0.05, 0) is 68.0 Å². The summed E-state index contributed by atoms with van der Waals surface area (Å²) < 4.78 is 32.6. The predicted octanol–water partition coefficient (Wildman–Crippen LogP) is 1.76. The lowest BCUT2D eigenvalue weighted by molar-refractivity contribution is -0.150. The molecule has 0 radical (unpaired) electrons. The van der Waals surface area contributed by atoms with Crippen LogP contribution in [0.4, 0.5) is 5.69 Å². The minimum atomic E-state index is -3.53. The number of guanidine groups is 1. The number of carboxylic acid groups (broad SMARTS) is 2. The van der Waals surface area contributed by atoms with E-state index >= 15 is 0 Å². The van der Waals surface area contributed by atoms with Crippen molar-refractivity contribution >= 4 is 33.7 Å². The van der Waals surface area contributed by atoms with Crippen molar-refractivity contribution < 1.29 is 37.1 Å². The van der Waals surface area contributed by atoms with E-state index in [0.717, 1.165) is 42.5 Å². The molecule has 2 atom stereocenters. The van der Waals surface area contributed by atoms with E-state index in [1.807, 2.05) is 30.3 Å². The zero-order chi connectivity index (χ0) is 30.8. The molecule has 0 amide bonds. The number of carboxylic acids is 2. The van der Waals surface area contributed by atoms with Crippen molar-refractivity contribution in [1.82, 2.24) is 5.32 Å². The third kappa shape index (κ3) is 16.7. The molecule has 0 bridgehead atoms. The fourth-order valence-corrected chi connectivity index (χ4v) is 3.97. The zero-order valence-electron chi connectivity index (χ0n) is 23.3. The predicted molar refractivity (Wildman–Crippen MR) is 157 cm³/mol. The van der Waals surface area contributed by atoms with E-state index in [1.54, 1.807) is 25.1 Å². The van der Waals surface area contributed by atoms with Gasteiger partial charge in [0.05, 0.1) is 6.26 Å². The fraction of sp³-hybridized carbons (Fsp3) is 0.444. The van der Waals surface area contributed by atoms with Gasteiger partial charge in [0.2, 0.25) is 0 Å². The van der Waals surface area contributed by atoms with E-state index in [4.69, 9.17) is 36.0 Å². The number of aliphatic carboxylic acids is 2. The van der Waals surface area contributed by atoms with Crippen molar-refractivity contribution in [2.75, 3.05) is 31.3 Å². The van der Waals surface area contributed by atoms with E-state index in [0.29, 0.717) is 38.2 Å². The highest BCUT2D eigenvalue weighted by Gasteiger charge is 2.17. The van der Waals surface area contributed by atoms with E-state index < -0.39 is 34.2 Å². The zero-order valence-corrected chi connectivity index (χ0v) is 24.2. The van der Waals surface area contributed by atoms with Gasteiger partial charge < -0.3 is 41.2 Å². The first-order valence-electron chi connectivity index (χ1n) is 13.0. The first kappa shape index (κ1) is 35.1. The Balaban J connectivity index is 0.000000590. The summed E-state index contributed by atoms with van der Waals surface area (Å²) in [6.07, 6.45) is 3.13. The quantitative estimate of drug-likeness (QED) is 0.0601. The molecule has 2 rings (SSSR count). The number of hydrogen-bond acceptors (Lipinski definition) is 9. The SMILES string of the molecule is CCOC(Cc1ccc(NCCCc2cccc(OS(C)(=O)=O)c2)cc1)C(=O)O.N=C(N)NCCC[C@H](N)C(=O)O. The van der Waals surface area contributed by atoms with Crippen molar-refractivity contribution in [1.29, 1.82) is 5.41 Å². The Morgan fingerprint density at radius 3 is 2.27 bits per heavy atom. The van der Waals surface area contributed by atoms with Crippen LogP contribution in [0.25, 0.3) is 0 Å². The van der Waals surface area contributed by atoms with Gasteiger partial charge in [-0.1, -0.05) is 24.3 Å². The Bertz CT molecular complexity index is 1210. The lowest BCUT2D eigenvalue weighted by Gasteiger charge is -2.13. The first-order chi connectivity index (χ1) is 19.3. The Labute approximate surface area is 240 Å². The minimum absolute atomic E-state index is 0.112. The molecule has 228 valence electrons. The fourth-order valence-electron chi connectivity index (χ4n) is 3.51.